The molecule has 1 aromatic carbocycles. The fraction of sp³-hybridized carbons (Fsp3) is 0.267. The minimum absolute atomic E-state index is 0.0144. The second-order valence-corrected chi connectivity index (χ2v) is 4.22. The van der Waals surface area contributed by atoms with E-state index in [9.17, 15) is 4.39 Å². The average Bonchev–Trinajstić information content (AvgIpc) is 2.37. The molecular weight excluding hydrogens is 227 g/mol. The van der Waals surface area contributed by atoms with E-state index in [4.69, 9.17) is 0 Å². The number of benzene rings is 1. The molecule has 0 aliphatic rings. The number of nitrogens with zero attached hydrogens (tertiary/aromatic N) is 1. The van der Waals surface area contributed by atoms with E-state index >= 15 is 0 Å². The molecule has 1 aromatic heterocycles. The van der Waals surface area contributed by atoms with E-state index in [-0.39, 0.29) is 11.9 Å². The Morgan fingerprint density at radius 1 is 1.28 bits per heavy atom. The minimum atomic E-state index is -0.211. The maximum absolute atomic E-state index is 13.3. The van der Waals surface area contributed by atoms with E-state index in [0.717, 1.165) is 23.4 Å². The first-order chi connectivity index (χ1) is 8.72. The van der Waals surface area contributed by atoms with Gasteiger partial charge in [-0.25, -0.2) is 4.39 Å². The molecule has 1 N–H and O–H groups in total. The molecule has 1 unspecified atom stereocenters. The van der Waals surface area contributed by atoms with Crippen LogP contribution in [-0.4, -0.2) is 11.5 Å². The van der Waals surface area contributed by atoms with Crippen molar-refractivity contribution < 1.29 is 4.39 Å². The summed E-state index contributed by atoms with van der Waals surface area (Å²) in [5.41, 5.74) is 2.98. The van der Waals surface area contributed by atoms with Crippen molar-refractivity contribution in [1.82, 2.24) is 10.3 Å². The highest BCUT2D eigenvalue weighted by Gasteiger charge is 2.15. The van der Waals surface area contributed by atoms with E-state index in [1.807, 2.05) is 32.0 Å². The van der Waals surface area contributed by atoms with E-state index < -0.39 is 0 Å². The number of halogens is 1. The molecule has 0 aliphatic heterocycles. The zero-order valence-corrected chi connectivity index (χ0v) is 10.7. The van der Waals surface area contributed by atoms with Crippen LogP contribution in [0.5, 0.6) is 0 Å². The standard InChI is InChI=1S/C15H17FN2/c1-3-17-15(12-6-4-7-13(16)10-12)14-8-5-9-18-11(14)2/h4-10,15,17H,3H2,1-2H3. The van der Waals surface area contributed by atoms with Crippen LogP contribution in [0.2, 0.25) is 0 Å². The van der Waals surface area contributed by atoms with Crippen molar-refractivity contribution in [2.24, 2.45) is 0 Å². The Morgan fingerprint density at radius 3 is 2.78 bits per heavy atom. The molecule has 2 aromatic rings. The van der Waals surface area contributed by atoms with Gasteiger partial charge in [-0.3, -0.25) is 4.98 Å². The van der Waals surface area contributed by atoms with Gasteiger partial charge in [0.25, 0.3) is 0 Å². The summed E-state index contributed by atoms with van der Waals surface area (Å²) in [7, 11) is 0. The van der Waals surface area contributed by atoms with Crippen LogP contribution in [0.4, 0.5) is 4.39 Å². The van der Waals surface area contributed by atoms with Gasteiger partial charge in [-0.1, -0.05) is 25.1 Å². The van der Waals surface area contributed by atoms with E-state index in [1.165, 1.54) is 6.07 Å². The summed E-state index contributed by atoms with van der Waals surface area (Å²) >= 11 is 0. The topological polar surface area (TPSA) is 24.9 Å². The zero-order chi connectivity index (χ0) is 13.0. The first-order valence-electron chi connectivity index (χ1n) is 6.12. The van der Waals surface area contributed by atoms with Crippen molar-refractivity contribution in [2.45, 2.75) is 19.9 Å². The molecule has 0 fully saturated rings. The van der Waals surface area contributed by atoms with E-state index in [0.29, 0.717) is 0 Å². The summed E-state index contributed by atoms with van der Waals surface area (Å²) in [6, 6.07) is 10.6. The highest BCUT2D eigenvalue weighted by atomic mass is 19.1. The number of pyridine rings is 1. The highest BCUT2D eigenvalue weighted by Crippen LogP contribution is 2.24. The summed E-state index contributed by atoms with van der Waals surface area (Å²) < 4.78 is 13.3. The molecule has 0 spiro atoms. The largest absolute Gasteiger partial charge is 0.306 e. The lowest BCUT2D eigenvalue weighted by atomic mass is 9.97. The summed E-state index contributed by atoms with van der Waals surface area (Å²) in [6.45, 7) is 4.83. The third-order valence-electron chi connectivity index (χ3n) is 2.95. The Morgan fingerprint density at radius 2 is 2.11 bits per heavy atom. The predicted octanol–water partition coefficient (Wildman–Crippen LogP) is 3.23. The van der Waals surface area contributed by atoms with Crippen LogP contribution in [0.15, 0.2) is 42.6 Å². The zero-order valence-electron chi connectivity index (χ0n) is 10.7. The molecule has 0 amide bonds. The molecule has 0 saturated heterocycles. The van der Waals surface area contributed by atoms with Crippen molar-refractivity contribution in [3.63, 3.8) is 0 Å². The molecule has 3 heteroatoms. The van der Waals surface area contributed by atoms with Crippen LogP contribution >= 0.6 is 0 Å². The van der Waals surface area contributed by atoms with Crippen LogP contribution in [0, 0.1) is 12.7 Å². The highest BCUT2D eigenvalue weighted by molar-refractivity contribution is 5.33. The van der Waals surface area contributed by atoms with Gasteiger partial charge >= 0.3 is 0 Å². The molecule has 18 heavy (non-hydrogen) atoms. The molecule has 1 heterocycles. The van der Waals surface area contributed by atoms with Crippen molar-refractivity contribution in [2.75, 3.05) is 6.54 Å². The molecule has 0 aliphatic carbocycles. The monoisotopic (exact) mass is 244 g/mol. The smallest absolute Gasteiger partial charge is 0.123 e. The Bertz CT molecular complexity index is 525. The van der Waals surface area contributed by atoms with Gasteiger partial charge in [0.2, 0.25) is 0 Å². The van der Waals surface area contributed by atoms with E-state index in [1.54, 1.807) is 18.3 Å². The number of hydrogen-bond acceptors (Lipinski definition) is 2. The molecule has 0 bridgehead atoms. The van der Waals surface area contributed by atoms with Crippen LogP contribution in [0.3, 0.4) is 0 Å². The van der Waals surface area contributed by atoms with Crippen molar-refractivity contribution in [1.29, 1.82) is 0 Å². The average molecular weight is 244 g/mol. The number of hydrogen-bond donors (Lipinski definition) is 1. The van der Waals surface area contributed by atoms with Crippen molar-refractivity contribution in [3.05, 3.63) is 65.2 Å². The lowest BCUT2D eigenvalue weighted by Crippen LogP contribution is -2.23. The first-order valence-corrected chi connectivity index (χ1v) is 6.12. The second kappa shape index (κ2) is 5.74. The van der Waals surface area contributed by atoms with Gasteiger partial charge in [0.05, 0.1) is 6.04 Å². The predicted molar refractivity (Wildman–Crippen MR) is 70.9 cm³/mol. The molecule has 94 valence electrons. The van der Waals surface area contributed by atoms with Gasteiger partial charge in [0.1, 0.15) is 5.82 Å². The van der Waals surface area contributed by atoms with Crippen LogP contribution in [0.1, 0.15) is 29.8 Å². The number of aromatic nitrogens is 1. The summed E-state index contributed by atoms with van der Waals surface area (Å²) in [4.78, 5) is 4.30. The molecule has 0 saturated carbocycles. The molecule has 1 atom stereocenters. The van der Waals surface area contributed by atoms with Crippen LogP contribution < -0.4 is 5.32 Å². The Hall–Kier alpha value is -1.74. The molecule has 2 nitrogen and oxygen atoms in total. The number of rotatable bonds is 4. The van der Waals surface area contributed by atoms with E-state index in [2.05, 4.69) is 10.3 Å². The van der Waals surface area contributed by atoms with Gasteiger partial charge in [-0.2, -0.15) is 0 Å². The van der Waals surface area contributed by atoms with Gasteiger partial charge in [0, 0.05) is 11.9 Å². The summed E-state index contributed by atoms with van der Waals surface area (Å²) in [6.07, 6.45) is 1.77. The lowest BCUT2D eigenvalue weighted by molar-refractivity contribution is 0.600. The molecule has 2 rings (SSSR count). The Balaban J connectivity index is 2.43. The fourth-order valence-corrected chi connectivity index (χ4v) is 2.10. The minimum Gasteiger partial charge on any atom is -0.306 e. The normalized spacial score (nSPS) is 12.4. The Labute approximate surface area is 107 Å². The van der Waals surface area contributed by atoms with Gasteiger partial charge in [-0.15, -0.1) is 0 Å². The third-order valence-corrected chi connectivity index (χ3v) is 2.95. The molecule has 0 radical (unpaired) electrons. The number of nitrogens with one attached hydrogen (secondary N) is 1. The quantitative estimate of drug-likeness (QED) is 0.893. The second-order valence-electron chi connectivity index (χ2n) is 4.22. The van der Waals surface area contributed by atoms with Crippen LogP contribution in [0.25, 0.3) is 0 Å². The third kappa shape index (κ3) is 2.74. The fourth-order valence-electron chi connectivity index (χ4n) is 2.10. The van der Waals surface area contributed by atoms with Crippen molar-refractivity contribution in [3.8, 4) is 0 Å². The van der Waals surface area contributed by atoms with Gasteiger partial charge < -0.3 is 5.32 Å². The molecular formula is C15H17FN2. The maximum atomic E-state index is 13.3. The maximum Gasteiger partial charge on any atom is 0.123 e. The van der Waals surface area contributed by atoms with Crippen LogP contribution in [-0.2, 0) is 0 Å². The summed E-state index contributed by atoms with van der Waals surface area (Å²) in [5.74, 6) is -0.211. The summed E-state index contributed by atoms with van der Waals surface area (Å²) in [5, 5.41) is 3.38. The number of aryl methyl sites for hydroxylation is 1. The van der Waals surface area contributed by atoms with Gasteiger partial charge in [-0.05, 0) is 42.8 Å². The van der Waals surface area contributed by atoms with Crippen molar-refractivity contribution >= 4 is 0 Å². The lowest BCUT2D eigenvalue weighted by Gasteiger charge is -2.20. The first kappa shape index (κ1) is 12.7. The Kier molecular flexibility index (Phi) is 4.05. The van der Waals surface area contributed by atoms with Gasteiger partial charge in [0.15, 0.2) is 0 Å². The SMILES string of the molecule is CCNC(c1cccc(F)c1)c1cccnc1C.